The van der Waals surface area contributed by atoms with Crippen molar-refractivity contribution in [2.45, 2.75) is 39.3 Å². The fourth-order valence-corrected chi connectivity index (χ4v) is 3.79. The number of fused-ring (bicyclic) bond motifs is 1. The summed E-state index contributed by atoms with van der Waals surface area (Å²) in [5.41, 5.74) is 4.17. The first-order valence-electron chi connectivity index (χ1n) is 8.20. The maximum absolute atomic E-state index is 3.69. The van der Waals surface area contributed by atoms with Crippen molar-refractivity contribution in [1.82, 2.24) is 14.8 Å². The average Bonchev–Trinajstić information content (AvgIpc) is 3.06. The van der Waals surface area contributed by atoms with Crippen LogP contribution in [0.1, 0.15) is 31.0 Å². The zero-order chi connectivity index (χ0) is 14.8. The second-order valence-electron chi connectivity index (χ2n) is 6.20. The summed E-state index contributed by atoms with van der Waals surface area (Å²) in [4.78, 5) is 2.60. The fraction of sp³-hybridized carbons (Fsp3) is 0.556. The standard InChI is InChI=1S/C18H27N3/c1-4-21-11-7-8-15(21)12-19-13-18-14(2)16-9-5-6-10-17(16)20(18)3/h5-6,9-10,15,19H,4,7-8,11-13H2,1-3H3. The average molecular weight is 285 g/mol. The van der Waals surface area contributed by atoms with Gasteiger partial charge in [-0.15, -0.1) is 0 Å². The molecule has 1 N–H and O–H groups in total. The third-order valence-electron chi connectivity index (χ3n) is 5.08. The summed E-state index contributed by atoms with van der Waals surface area (Å²) in [6.07, 6.45) is 2.70. The van der Waals surface area contributed by atoms with Crippen molar-refractivity contribution in [3.05, 3.63) is 35.5 Å². The zero-order valence-corrected chi connectivity index (χ0v) is 13.5. The fourth-order valence-electron chi connectivity index (χ4n) is 3.79. The molecular formula is C18H27N3. The van der Waals surface area contributed by atoms with Gasteiger partial charge in [-0.2, -0.15) is 0 Å². The maximum Gasteiger partial charge on any atom is 0.0483 e. The van der Waals surface area contributed by atoms with Crippen LogP contribution in [-0.2, 0) is 13.6 Å². The second kappa shape index (κ2) is 6.20. The minimum Gasteiger partial charge on any atom is -0.346 e. The second-order valence-corrected chi connectivity index (χ2v) is 6.20. The van der Waals surface area contributed by atoms with Gasteiger partial charge in [0.2, 0.25) is 0 Å². The van der Waals surface area contributed by atoms with E-state index in [9.17, 15) is 0 Å². The third kappa shape index (κ3) is 2.72. The van der Waals surface area contributed by atoms with Crippen molar-refractivity contribution in [3.63, 3.8) is 0 Å². The molecule has 3 rings (SSSR count). The number of benzene rings is 1. The first-order valence-corrected chi connectivity index (χ1v) is 8.20. The Morgan fingerprint density at radius 1 is 1.29 bits per heavy atom. The number of likely N-dealkylation sites (tertiary alicyclic amines) is 1. The lowest BCUT2D eigenvalue weighted by atomic mass is 10.1. The zero-order valence-electron chi connectivity index (χ0n) is 13.5. The number of aromatic nitrogens is 1. The quantitative estimate of drug-likeness (QED) is 0.911. The molecule has 3 nitrogen and oxygen atoms in total. The summed E-state index contributed by atoms with van der Waals surface area (Å²) in [6.45, 7) is 9.04. The molecule has 0 saturated carbocycles. The van der Waals surface area contributed by atoms with Crippen LogP contribution in [0.5, 0.6) is 0 Å². The number of hydrogen-bond acceptors (Lipinski definition) is 2. The molecule has 1 atom stereocenters. The van der Waals surface area contributed by atoms with Gasteiger partial charge in [0.25, 0.3) is 0 Å². The topological polar surface area (TPSA) is 20.2 Å². The molecule has 1 unspecified atom stereocenters. The van der Waals surface area contributed by atoms with Gasteiger partial charge in [0.15, 0.2) is 0 Å². The number of likely N-dealkylation sites (N-methyl/N-ethyl adjacent to an activating group) is 1. The lowest BCUT2D eigenvalue weighted by Gasteiger charge is -2.23. The SMILES string of the molecule is CCN1CCCC1CNCc1c(C)c2ccccc2n1C. The molecule has 1 aromatic carbocycles. The monoisotopic (exact) mass is 285 g/mol. The number of nitrogens with one attached hydrogen (secondary N) is 1. The van der Waals surface area contributed by atoms with Crippen molar-refractivity contribution < 1.29 is 0 Å². The van der Waals surface area contributed by atoms with E-state index in [-0.39, 0.29) is 0 Å². The Morgan fingerprint density at radius 3 is 2.86 bits per heavy atom. The molecule has 3 heteroatoms. The minimum atomic E-state index is 0.727. The minimum absolute atomic E-state index is 0.727. The Hall–Kier alpha value is -1.32. The Labute approximate surface area is 127 Å². The molecule has 1 aliphatic heterocycles. The van der Waals surface area contributed by atoms with Crippen molar-refractivity contribution in [2.75, 3.05) is 19.6 Å². The molecular weight excluding hydrogens is 258 g/mol. The molecule has 0 amide bonds. The summed E-state index contributed by atoms with van der Waals surface area (Å²) in [7, 11) is 2.18. The van der Waals surface area contributed by atoms with Crippen LogP contribution in [0.3, 0.4) is 0 Å². The first kappa shape index (κ1) is 14.6. The molecule has 1 saturated heterocycles. The molecule has 1 aliphatic rings. The first-order chi connectivity index (χ1) is 10.2. The molecule has 0 aliphatic carbocycles. The highest BCUT2D eigenvalue weighted by molar-refractivity contribution is 5.85. The third-order valence-corrected chi connectivity index (χ3v) is 5.08. The van der Waals surface area contributed by atoms with E-state index < -0.39 is 0 Å². The lowest BCUT2D eigenvalue weighted by Crippen LogP contribution is -2.37. The highest BCUT2D eigenvalue weighted by Crippen LogP contribution is 2.24. The highest BCUT2D eigenvalue weighted by Gasteiger charge is 2.22. The van der Waals surface area contributed by atoms with Gasteiger partial charge in [-0.25, -0.2) is 0 Å². The van der Waals surface area contributed by atoms with Crippen LogP contribution in [0.15, 0.2) is 24.3 Å². The van der Waals surface area contributed by atoms with Crippen LogP contribution in [0.4, 0.5) is 0 Å². The van der Waals surface area contributed by atoms with E-state index in [1.165, 1.54) is 48.1 Å². The van der Waals surface area contributed by atoms with Crippen LogP contribution in [0, 0.1) is 6.92 Å². The number of aryl methyl sites for hydroxylation is 2. The predicted molar refractivity (Wildman–Crippen MR) is 89.6 cm³/mol. The molecule has 0 bridgehead atoms. The molecule has 21 heavy (non-hydrogen) atoms. The summed E-state index contributed by atoms with van der Waals surface area (Å²) in [5.74, 6) is 0. The number of nitrogens with zero attached hydrogens (tertiary/aromatic N) is 2. The molecule has 1 fully saturated rings. The summed E-state index contributed by atoms with van der Waals surface area (Å²) >= 11 is 0. The van der Waals surface area contributed by atoms with Gasteiger partial charge in [-0.05, 0) is 44.5 Å². The van der Waals surface area contributed by atoms with Gasteiger partial charge < -0.3 is 9.88 Å². The Bertz CT molecular complexity index is 575. The van der Waals surface area contributed by atoms with Crippen LogP contribution >= 0.6 is 0 Å². The van der Waals surface area contributed by atoms with Gasteiger partial charge in [0, 0.05) is 42.8 Å². The number of hydrogen-bond donors (Lipinski definition) is 1. The van der Waals surface area contributed by atoms with Crippen molar-refractivity contribution >= 4 is 10.9 Å². The van der Waals surface area contributed by atoms with E-state index >= 15 is 0 Å². The number of rotatable bonds is 5. The Morgan fingerprint density at radius 2 is 2.10 bits per heavy atom. The van der Waals surface area contributed by atoms with Gasteiger partial charge in [0.1, 0.15) is 0 Å². The maximum atomic E-state index is 3.69. The van der Waals surface area contributed by atoms with E-state index in [0.29, 0.717) is 0 Å². The van der Waals surface area contributed by atoms with E-state index in [4.69, 9.17) is 0 Å². The van der Waals surface area contributed by atoms with Gasteiger partial charge in [-0.1, -0.05) is 25.1 Å². The van der Waals surface area contributed by atoms with Crippen molar-refractivity contribution in [1.29, 1.82) is 0 Å². The van der Waals surface area contributed by atoms with Crippen LogP contribution in [0.25, 0.3) is 10.9 Å². The van der Waals surface area contributed by atoms with Gasteiger partial charge >= 0.3 is 0 Å². The molecule has 0 radical (unpaired) electrons. The van der Waals surface area contributed by atoms with E-state index in [1.807, 2.05) is 0 Å². The normalized spacial score (nSPS) is 19.7. The predicted octanol–water partition coefficient (Wildman–Crippen LogP) is 3.06. The molecule has 2 aromatic rings. The Kier molecular flexibility index (Phi) is 4.32. The summed E-state index contributed by atoms with van der Waals surface area (Å²) in [5, 5.41) is 5.07. The Balaban J connectivity index is 1.68. The molecule has 2 heterocycles. The van der Waals surface area contributed by atoms with E-state index in [1.54, 1.807) is 0 Å². The van der Waals surface area contributed by atoms with Crippen LogP contribution in [-0.4, -0.2) is 35.1 Å². The van der Waals surface area contributed by atoms with Crippen molar-refractivity contribution in [2.24, 2.45) is 7.05 Å². The van der Waals surface area contributed by atoms with Crippen molar-refractivity contribution in [3.8, 4) is 0 Å². The van der Waals surface area contributed by atoms with Crippen LogP contribution in [0.2, 0.25) is 0 Å². The number of para-hydroxylation sites is 1. The van der Waals surface area contributed by atoms with Gasteiger partial charge in [0.05, 0.1) is 0 Å². The summed E-state index contributed by atoms with van der Waals surface area (Å²) < 4.78 is 2.34. The lowest BCUT2D eigenvalue weighted by molar-refractivity contribution is 0.259. The molecule has 1 aromatic heterocycles. The largest absolute Gasteiger partial charge is 0.346 e. The van der Waals surface area contributed by atoms with E-state index in [0.717, 1.165) is 19.1 Å². The van der Waals surface area contributed by atoms with E-state index in [2.05, 4.69) is 59.9 Å². The molecule has 0 spiro atoms. The molecule has 114 valence electrons. The van der Waals surface area contributed by atoms with Gasteiger partial charge in [-0.3, -0.25) is 4.90 Å². The summed E-state index contributed by atoms with van der Waals surface area (Å²) in [6, 6.07) is 9.41. The van der Waals surface area contributed by atoms with Crippen LogP contribution < -0.4 is 5.32 Å². The highest BCUT2D eigenvalue weighted by atomic mass is 15.2. The smallest absolute Gasteiger partial charge is 0.0483 e.